The number of rotatable bonds is 4. The average molecular weight is 371 g/mol. The highest BCUT2D eigenvalue weighted by atomic mass is 16.1. The highest BCUT2D eigenvalue weighted by Crippen LogP contribution is 2.33. The van der Waals surface area contributed by atoms with E-state index in [4.69, 9.17) is 0 Å². The van der Waals surface area contributed by atoms with Gasteiger partial charge in [0.2, 0.25) is 5.56 Å². The second-order valence-electron chi connectivity index (χ2n) is 7.86. The number of aromatic amines is 2. The number of likely N-dealkylation sites (tertiary alicyclic amines) is 1. The van der Waals surface area contributed by atoms with Gasteiger partial charge in [-0.3, -0.25) is 4.79 Å². The second-order valence-corrected chi connectivity index (χ2v) is 7.86. The minimum Gasteiger partial charge on any atom is -0.361 e. The van der Waals surface area contributed by atoms with Gasteiger partial charge in [0.15, 0.2) is 0 Å². The minimum absolute atomic E-state index is 0.00764. The van der Waals surface area contributed by atoms with E-state index in [1.807, 2.05) is 18.2 Å². The number of piperidine rings is 1. The molecule has 0 amide bonds. The second kappa shape index (κ2) is 7.28. The van der Waals surface area contributed by atoms with E-state index >= 15 is 0 Å². The summed E-state index contributed by atoms with van der Waals surface area (Å²) >= 11 is 0. The Balaban J connectivity index is 1.25. The zero-order chi connectivity index (χ0) is 18.9. The van der Waals surface area contributed by atoms with Crippen molar-refractivity contribution in [1.82, 2.24) is 14.9 Å². The van der Waals surface area contributed by atoms with Gasteiger partial charge in [-0.05, 0) is 61.5 Å². The maximum absolute atomic E-state index is 12.0. The summed E-state index contributed by atoms with van der Waals surface area (Å²) in [4.78, 5) is 20.9. The van der Waals surface area contributed by atoms with Crippen LogP contribution in [0.1, 0.15) is 29.9 Å². The zero-order valence-corrected chi connectivity index (χ0v) is 15.9. The third-order valence-corrected chi connectivity index (χ3v) is 6.18. The molecule has 0 aliphatic carbocycles. The maximum atomic E-state index is 12.0. The lowest BCUT2D eigenvalue weighted by Crippen LogP contribution is -2.34. The topological polar surface area (TPSA) is 51.9 Å². The Morgan fingerprint density at radius 3 is 2.46 bits per heavy atom. The van der Waals surface area contributed by atoms with E-state index in [0.29, 0.717) is 5.92 Å². The van der Waals surface area contributed by atoms with Crippen LogP contribution in [-0.2, 0) is 6.42 Å². The number of benzene rings is 2. The number of H-pyrrole nitrogens is 2. The highest BCUT2D eigenvalue weighted by Gasteiger charge is 2.22. The maximum Gasteiger partial charge on any atom is 0.248 e. The average Bonchev–Trinajstić information content (AvgIpc) is 3.16. The van der Waals surface area contributed by atoms with Gasteiger partial charge in [0, 0.05) is 40.6 Å². The van der Waals surface area contributed by atoms with Crippen molar-refractivity contribution in [3.8, 4) is 0 Å². The monoisotopic (exact) mass is 371 g/mol. The molecule has 3 heterocycles. The number of nitrogens with zero attached hydrogens (tertiary/aromatic N) is 1. The Kier molecular flexibility index (Phi) is 4.49. The lowest BCUT2D eigenvalue weighted by molar-refractivity contribution is 0.215. The molecular weight excluding hydrogens is 346 g/mol. The number of nitrogens with one attached hydrogen (secondary N) is 2. The van der Waals surface area contributed by atoms with Crippen LogP contribution in [0.25, 0.3) is 21.8 Å². The Morgan fingerprint density at radius 2 is 1.64 bits per heavy atom. The van der Waals surface area contributed by atoms with E-state index in [0.717, 1.165) is 42.5 Å². The van der Waals surface area contributed by atoms with Crippen LogP contribution in [0.2, 0.25) is 0 Å². The molecule has 2 aromatic heterocycles. The summed E-state index contributed by atoms with van der Waals surface area (Å²) in [5, 5.41) is 2.53. The summed E-state index contributed by atoms with van der Waals surface area (Å²) in [7, 11) is 0. The normalized spacial score (nSPS) is 16.1. The Bertz CT molecular complexity index is 1170. The molecule has 1 aliphatic heterocycles. The largest absolute Gasteiger partial charge is 0.361 e. The molecule has 0 saturated carbocycles. The molecule has 2 aromatic carbocycles. The molecular formula is C24H25N3O. The quantitative estimate of drug-likeness (QED) is 0.557. The van der Waals surface area contributed by atoms with Crippen molar-refractivity contribution < 1.29 is 0 Å². The standard InChI is InChI=1S/C24H25N3O/c28-24-15-18(19-5-1-4-8-23(19)26-24)11-14-27-12-9-17(10-13-27)21-16-25-22-7-3-2-6-20(21)22/h1-8,15-17,25H,9-14H2,(H,26,28). The fourth-order valence-corrected chi connectivity index (χ4v) is 4.66. The van der Waals surface area contributed by atoms with Crippen LogP contribution in [0.3, 0.4) is 0 Å². The van der Waals surface area contributed by atoms with Crippen LogP contribution < -0.4 is 5.56 Å². The molecule has 142 valence electrons. The lowest BCUT2D eigenvalue weighted by Gasteiger charge is -2.32. The molecule has 0 spiro atoms. The van der Waals surface area contributed by atoms with Gasteiger partial charge in [-0.15, -0.1) is 0 Å². The molecule has 28 heavy (non-hydrogen) atoms. The molecule has 0 bridgehead atoms. The number of para-hydroxylation sites is 2. The van der Waals surface area contributed by atoms with Gasteiger partial charge in [-0.1, -0.05) is 36.4 Å². The van der Waals surface area contributed by atoms with Crippen molar-refractivity contribution in [3.05, 3.63) is 82.3 Å². The first-order valence-electron chi connectivity index (χ1n) is 10.2. The van der Waals surface area contributed by atoms with Gasteiger partial charge in [0.05, 0.1) is 0 Å². The van der Waals surface area contributed by atoms with Crippen LogP contribution in [0, 0.1) is 0 Å². The molecule has 1 saturated heterocycles. The lowest BCUT2D eigenvalue weighted by atomic mass is 9.89. The zero-order valence-electron chi connectivity index (χ0n) is 15.9. The van der Waals surface area contributed by atoms with E-state index in [1.165, 1.54) is 29.3 Å². The van der Waals surface area contributed by atoms with Crippen molar-refractivity contribution in [2.75, 3.05) is 19.6 Å². The number of pyridine rings is 1. The van der Waals surface area contributed by atoms with E-state index in [1.54, 1.807) is 6.07 Å². The van der Waals surface area contributed by atoms with Crippen molar-refractivity contribution >= 4 is 21.8 Å². The summed E-state index contributed by atoms with van der Waals surface area (Å²) < 4.78 is 0. The molecule has 1 fully saturated rings. The summed E-state index contributed by atoms with van der Waals surface area (Å²) in [6.07, 6.45) is 5.51. The SMILES string of the molecule is O=c1cc(CCN2CCC(c3c[nH]c4ccccc34)CC2)c2ccccc2[nH]1. The number of hydrogen-bond acceptors (Lipinski definition) is 2. The van der Waals surface area contributed by atoms with Gasteiger partial charge >= 0.3 is 0 Å². The first-order valence-corrected chi connectivity index (χ1v) is 10.2. The third-order valence-electron chi connectivity index (χ3n) is 6.18. The molecule has 2 N–H and O–H groups in total. The van der Waals surface area contributed by atoms with Crippen molar-refractivity contribution in [1.29, 1.82) is 0 Å². The first kappa shape index (κ1) is 17.3. The van der Waals surface area contributed by atoms with Gasteiger partial charge in [0.1, 0.15) is 0 Å². The summed E-state index contributed by atoms with van der Waals surface area (Å²) in [5.41, 5.74) is 4.78. The van der Waals surface area contributed by atoms with Crippen molar-refractivity contribution in [2.24, 2.45) is 0 Å². The van der Waals surface area contributed by atoms with Gasteiger partial charge < -0.3 is 14.9 Å². The predicted molar refractivity (Wildman–Crippen MR) is 115 cm³/mol. The number of aromatic nitrogens is 2. The molecule has 4 heteroatoms. The Labute approximate surface area is 164 Å². The third kappa shape index (κ3) is 3.25. The smallest absolute Gasteiger partial charge is 0.248 e. The molecule has 5 rings (SSSR count). The fraction of sp³-hybridized carbons (Fsp3) is 0.292. The van der Waals surface area contributed by atoms with Crippen molar-refractivity contribution in [2.45, 2.75) is 25.2 Å². The van der Waals surface area contributed by atoms with E-state index in [9.17, 15) is 4.79 Å². The Hall–Kier alpha value is -2.85. The molecule has 0 atom stereocenters. The van der Waals surface area contributed by atoms with Crippen LogP contribution in [-0.4, -0.2) is 34.5 Å². The van der Waals surface area contributed by atoms with Crippen LogP contribution in [0.15, 0.2) is 65.6 Å². The fourth-order valence-electron chi connectivity index (χ4n) is 4.66. The summed E-state index contributed by atoms with van der Waals surface area (Å²) in [6.45, 7) is 3.24. The van der Waals surface area contributed by atoms with Gasteiger partial charge in [-0.2, -0.15) is 0 Å². The molecule has 4 aromatic rings. The van der Waals surface area contributed by atoms with E-state index < -0.39 is 0 Å². The van der Waals surface area contributed by atoms with E-state index in [2.05, 4.69) is 51.4 Å². The molecule has 0 radical (unpaired) electrons. The van der Waals surface area contributed by atoms with Gasteiger partial charge in [0.25, 0.3) is 0 Å². The summed E-state index contributed by atoms with van der Waals surface area (Å²) in [5.74, 6) is 0.632. The summed E-state index contributed by atoms with van der Waals surface area (Å²) in [6, 6.07) is 18.4. The van der Waals surface area contributed by atoms with Crippen molar-refractivity contribution in [3.63, 3.8) is 0 Å². The molecule has 1 aliphatic rings. The van der Waals surface area contributed by atoms with Crippen LogP contribution in [0.4, 0.5) is 0 Å². The number of fused-ring (bicyclic) bond motifs is 2. The van der Waals surface area contributed by atoms with Crippen LogP contribution >= 0.6 is 0 Å². The molecule has 0 unspecified atom stereocenters. The Morgan fingerprint density at radius 1 is 0.929 bits per heavy atom. The number of hydrogen-bond donors (Lipinski definition) is 2. The minimum atomic E-state index is -0.00764. The van der Waals surface area contributed by atoms with Gasteiger partial charge in [-0.25, -0.2) is 0 Å². The highest BCUT2D eigenvalue weighted by molar-refractivity contribution is 5.83. The van der Waals surface area contributed by atoms with E-state index in [-0.39, 0.29) is 5.56 Å². The van der Waals surface area contributed by atoms with Crippen LogP contribution in [0.5, 0.6) is 0 Å². The molecule has 4 nitrogen and oxygen atoms in total. The first-order chi connectivity index (χ1) is 13.8. The predicted octanol–water partition coefficient (Wildman–Crippen LogP) is 4.43.